The lowest BCUT2D eigenvalue weighted by molar-refractivity contribution is -0.136. The van der Waals surface area contributed by atoms with Crippen molar-refractivity contribution in [3.8, 4) is 0 Å². The molecule has 0 saturated carbocycles. The van der Waals surface area contributed by atoms with Gasteiger partial charge in [0.25, 0.3) is 0 Å². The summed E-state index contributed by atoms with van der Waals surface area (Å²) in [6, 6.07) is 13.2. The first-order chi connectivity index (χ1) is 13.4. The first-order valence-corrected chi connectivity index (χ1v) is 10.0. The number of thioether (sulfide) groups is 1. The minimum Gasteiger partial charge on any atom is -0.466 e. The van der Waals surface area contributed by atoms with E-state index in [0.29, 0.717) is 17.0 Å². The molecular formula is C22H24N2O3S. The van der Waals surface area contributed by atoms with Crippen molar-refractivity contribution in [1.82, 2.24) is 10.6 Å². The largest absolute Gasteiger partial charge is 0.466 e. The van der Waals surface area contributed by atoms with Crippen molar-refractivity contribution in [3.63, 3.8) is 0 Å². The van der Waals surface area contributed by atoms with Crippen LogP contribution in [0.4, 0.5) is 4.79 Å². The monoisotopic (exact) mass is 396 g/mol. The molecule has 28 heavy (non-hydrogen) atoms. The van der Waals surface area contributed by atoms with Crippen LogP contribution in [0.3, 0.4) is 0 Å². The number of carbonyl (C=O) groups is 2. The average molecular weight is 397 g/mol. The molecule has 0 fully saturated rings. The van der Waals surface area contributed by atoms with E-state index in [1.165, 1.54) is 12.7 Å². The predicted octanol–water partition coefficient (Wildman–Crippen LogP) is 4.19. The number of hydrogen-bond acceptors (Lipinski definition) is 4. The van der Waals surface area contributed by atoms with E-state index < -0.39 is 12.0 Å². The Bertz CT molecular complexity index is 935. The van der Waals surface area contributed by atoms with Crippen LogP contribution < -0.4 is 10.6 Å². The van der Waals surface area contributed by atoms with Crippen LogP contribution in [0.25, 0.3) is 0 Å². The molecule has 0 saturated heterocycles. The zero-order valence-corrected chi connectivity index (χ0v) is 17.3. The highest BCUT2D eigenvalue weighted by atomic mass is 32.2. The number of nitrogens with one attached hydrogen (secondary N) is 2. The molecule has 0 aromatic heterocycles. The summed E-state index contributed by atoms with van der Waals surface area (Å²) in [5.74, 6) is 0.0134. The van der Waals surface area contributed by atoms with E-state index in [1.807, 2.05) is 63.2 Å². The predicted molar refractivity (Wildman–Crippen MR) is 111 cm³/mol. The summed E-state index contributed by atoms with van der Waals surface area (Å²) in [6.07, 6.45) is 0. The summed E-state index contributed by atoms with van der Waals surface area (Å²) in [4.78, 5) is 26.0. The van der Waals surface area contributed by atoms with Crippen LogP contribution in [-0.2, 0) is 9.53 Å². The Morgan fingerprint density at radius 2 is 1.75 bits per heavy atom. The molecule has 2 amide bonds. The van der Waals surface area contributed by atoms with E-state index in [2.05, 4.69) is 10.6 Å². The van der Waals surface area contributed by atoms with E-state index in [4.69, 9.17) is 4.74 Å². The first kappa shape index (κ1) is 20.0. The SMILES string of the molecule is COC(=O)C1=C(CSc2ccc(C)cc2)NC(=O)N[C@H]1c1ccc(C)cc1C. The Morgan fingerprint density at radius 3 is 2.39 bits per heavy atom. The molecular weight excluding hydrogens is 372 g/mol. The maximum atomic E-state index is 12.6. The van der Waals surface area contributed by atoms with Crippen LogP contribution in [0.2, 0.25) is 0 Å². The third kappa shape index (κ3) is 4.39. The Labute approximate surface area is 169 Å². The Balaban J connectivity index is 1.98. The fourth-order valence-corrected chi connectivity index (χ4v) is 4.12. The molecule has 3 rings (SSSR count). The van der Waals surface area contributed by atoms with Crippen LogP contribution >= 0.6 is 11.8 Å². The molecule has 6 heteroatoms. The van der Waals surface area contributed by atoms with Crippen molar-refractivity contribution in [1.29, 1.82) is 0 Å². The van der Waals surface area contributed by atoms with Crippen LogP contribution in [0.1, 0.15) is 28.3 Å². The molecule has 0 radical (unpaired) electrons. The molecule has 0 unspecified atom stereocenters. The number of rotatable bonds is 5. The van der Waals surface area contributed by atoms with Gasteiger partial charge in [0.1, 0.15) is 0 Å². The second-order valence-corrected chi connectivity index (χ2v) is 7.93. The molecule has 0 spiro atoms. The number of amides is 2. The lowest BCUT2D eigenvalue weighted by atomic mass is 9.91. The van der Waals surface area contributed by atoms with Crippen molar-refractivity contribution >= 4 is 23.8 Å². The van der Waals surface area contributed by atoms with E-state index in [-0.39, 0.29) is 6.03 Å². The minimum absolute atomic E-state index is 0.322. The molecule has 2 N–H and O–H groups in total. The normalized spacial score (nSPS) is 16.4. The maximum Gasteiger partial charge on any atom is 0.338 e. The first-order valence-electron chi connectivity index (χ1n) is 9.04. The highest BCUT2D eigenvalue weighted by molar-refractivity contribution is 7.99. The average Bonchev–Trinajstić information content (AvgIpc) is 2.66. The topological polar surface area (TPSA) is 67.4 Å². The molecule has 2 aromatic carbocycles. The molecule has 146 valence electrons. The van der Waals surface area contributed by atoms with Crippen molar-refractivity contribution in [3.05, 3.63) is 76.0 Å². The van der Waals surface area contributed by atoms with Gasteiger partial charge in [0.15, 0.2) is 0 Å². The number of ether oxygens (including phenoxy) is 1. The zero-order valence-electron chi connectivity index (χ0n) is 16.5. The summed E-state index contributed by atoms with van der Waals surface area (Å²) in [7, 11) is 1.36. The second kappa shape index (κ2) is 8.52. The zero-order chi connectivity index (χ0) is 20.3. The molecule has 1 atom stereocenters. The molecule has 2 aromatic rings. The number of hydrogen-bond donors (Lipinski definition) is 2. The number of aryl methyl sites for hydroxylation is 3. The van der Waals surface area contributed by atoms with Gasteiger partial charge in [0, 0.05) is 16.3 Å². The number of esters is 1. The summed E-state index contributed by atoms with van der Waals surface area (Å²) in [5.41, 5.74) is 5.22. The molecule has 1 aliphatic rings. The summed E-state index contributed by atoms with van der Waals surface area (Å²) in [5, 5.41) is 5.68. The molecule has 1 heterocycles. The van der Waals surface area contributed by atoms with E-state index in [1.54, 1.807) is 11.8 Å². The van der Waals surface area contributed by atoms with Crippen LogP contribution in [0, 0.1) is 20.8 Å². The van der Waals surface area contributed by atoms with Gasteiger partial charge in [-0.1, -0.05) is 41.5 Å². The summed E-state index contributed by atoms with van der Waals surface area (Å²) >= 11 is 1.57. The van der Waals surface area contributed by atoms with Crippen LogP contribution in [0.15, 0.2) is 58.6 Å². The van der Waals surface area contributed by atoms with Gasteiger partial charge < -0.3 is 15.4 Å². The second-order valence-electron chi connectivity index (χ2n) is 6.88. The van der Waals surface area contributed by atoms with Gasteiger partial charge in [0.05, 0.1) is 18.7 Å². The van der Waals surface area contributed by atoms with E-state index >= 15 is 0 Å². The van der Waals surface area contributed by atoms with Crippen LogP contribution in [-0.4, -0.2) is 24.9 Å². The Hall–Kier alpha value is -2.73. The third-order valence-electron chi connectivity index (χ3n) is 4.70. The summed E-state index contributed by atoms with van der Waals surface area (Å²) in [6.45, 7) is 6.03. The Morgan fingerprint density at radius 1 is 1.07 bits per heavy atom. The number of carbonyl (C=O) groups excluding carboxylic acids is 2. The van der Waals surface area contributed by atoms with Gasteiger partial charge >= 0.3 is 12.0 Å². The van der Waals surface area contributed by atoms with Crippen molar-refractivity contribution < 1.29 is 14.3 Å². The Kier molecular flexibility index (Phi) is 6.09. The molecule has 1 aliphatic heterocycles. The van der Waals surface area contributed by atoms with Gasteiger partial charge in [-0.15, -0.1) is 11.8 Å². The van der Waals surface area contributed by atoms with Gasteiger partial charge in [-0.05, 0) is 44.0 Å². The molecule has 5 nitrogen and oxygen atoms in total. The number of benzene rings is 2. The quantitative estimate of drug-likeness (QED) is 0.588. The lowest BCUT2D eigenvalue weighted by Crippen LogP contribution is -2.46. The fourth-order valence-electron chi connectivity index (χ4n) is 3.26. The molecule has 0 bridgehead atoms. The number of methoxy groups -OCH3 is 1. The van der Waals surface area contributed by atoms with Crippen molar-refractivity contribution in [2.45, 2.75) is 31.7 Å². The van der Waals surface area contributed by atoms with Crippen LogP contribution in [0.5, 0.6) is 0 Å². The minimum atomic E-state index is -0.546. The standard InChI is InChI=1S/C22H24N2O3S/c1-13-5-8-16(9-6-13)28-12-18-19(21(25)27-4)20(24-22(26)23-18)17-10-7-14(2)11-15(17)3/h5-11,20H,12H2,1-4H3,(H2,23,24,26)/t20-/m0/s1. The fraction of sp³-hybridized carbons (Fsp3) is 0.273. The van der Waals surface area contributed by atoms with Crippen molar-refractivity contribution in [2.24, 2.45) is 0 Å². The maximum absolute atomic E-state index is 12.6. The highest BCUT2D eigenvalue weighted by Crippen LogP contribution is 2.32. The van der Waals surface area contributed by atoms with Crippen molar-refractivity contribution in [2.75, 3.05) is 12.9 Å². The molecule has 0 aliphatic carbocycles. The van der Waals surface area contributed by atoms with Gasteiger partial charge in [-0.3, -0.25) is 0 Å². The smallest absolute Gasteiger partial charge is 0.338 e. The van der Waals surface area contributed by atoms with E-state index in [9.17, 15) is 9.59 Å². The summed E-state index contributed by atoms with van der Waals surface area (Å²) < 4.78 is 5.04. The van der Waals surface area contributed by atoms with Gasteiger partial charge in [-0.25, -0.2) is 9.59 Å². The van der Waals surface area contributed by atoms with Gasteiger partial charge in [0.2, 0.25) is 0 Å². The van der Waals surface area contributed by atoms with Gasteiger partial charge in [-0.2, -0.15) is 0 Å². The lowest BCUT2D eigenvalue weighted by Gasteiger charge is -2.30. The highest BCUT2D eigenvalue weighted by Gasteiger charge is 2.34. The third-order valence-corrected chi connectivity index (χ3v) is 5.74. The number of urea groups is 1. The van der Waals surface area contributed by atoms with E-state index in [0.717, 1.165) is 21.6 Å².